The molecule has 0 aliphatic heterocycles. The minimum atomic E-state index is 0.389. The maximum atomic E-state index is 4.58. The second kappa shape index (κ2) is 6.09. The van der Waals surface area contributed by atoms with Gasteiger partial charge in [0.1, 0.15) is 5.52 Å². The van der Waals surface area contributed by atoms with Crippen LogP contribution in [0.3, 0.4) is 0 Å². The van der Waals surface area contributed by atoms with Crippen molar-refractivity contribution in [1.82, 2.24) is 19.9 Å². The van der Waals surface area contributed by atoms with E-state index >= 15 is 0 Å². The van der Waals surface area contributed by atoms with Gasteiger partial charge in [0.15, 0.2) is 11.5 Å². The van der Waals surface area contributed by atoms with E-state index in [1.807, 2.05) is 16.8 Å². The molecule has 0 bridgehead atoms. The van der Waals surface area contributed by atoms with Crippen LogP contribution < -0.4 is 10.6 Å². The topological polar surface area (TPSA) is 78.5 Å². The molecule has 0 unspecified atom stereocenters. The van der Waals surface area contributed by atoms with Crippen molar-refractivity contribution in [3.05, 3.63) is 23.2 Å². The van der Waals surface area contributed by atoms with Gasteiger partial charge in [-0.2, -0.15) is 21.3 Å². The second-order valence-corrected chi connectivity index (χ2v) is 5.57. The van der Waals surface area contributed by atoms with Crippen LogP contribution in [-0.2, 0) is 0 Å². The number of aromatic nitrogens is 4. The van der Waals surface area contributed by atoms with Crippen molar-refractivity contribution in [2.45, 2.75) is 32.7 Å². The summed E-state index contributed by atoms with van der Waals surface area (Å²) in [7, 11) is 0. The van der Waals surface area contributed by atoms with E-state index in [1.165, 1.54) is 0 Å². The predicted molar refractivity (Wildman–Crippen MR) is 87.3 cm³/mol. The van der Waals surface area contributed by atoms with Crippen molar-refractivity contribution in [2.24, 2.45) is 0 Å². The Bertz CT molecular complexity index is 701. The van der Waals surface area contributed by atoms with Gasteiger partial charge in [-0.1, -0.05) is 13.8 Å². The quantitative estimate of drug-likeness (QED) is 0.646. The molecule has 110 valence electrons. The highest BCUT2D eigenvalue weighted by Gasteiger charge is 2.13. The molecule has 0 radical (unpaired) electrons. The van der Waals surface area contributed by atoms with Crippen molar-refractivity contribution in [3.8, 4) is 0 Å². The highest BCUT2D eigenvalue weighted by molar-refractivity contribution is 7.08. The van der Waals surface area contributed by atoms with E-state index in [2.05, 4.69) is 44.4 Å². The van der Waals surface area contributed by atoms with Gasteiger partial charge >= 0.3 is 0 Å². The van der Waals surface area contributed by atoms with Crippen LogP contribution in [0.15, 0.2) is 23.2 Å². The molecule has 0 fully saturated rings. The number of rotatable bonds is 6. The number of H-pyrrole nitrogens is 1. The fourth-order valence-electron chi connectivity index (χ4n) is 2.14. The van der Waals surface area contributed by atoms with E-state index in [-0.39, 0.29) is 0 Å². The SMILES string of the molecule is CCC(CC)Nc1nc(Nc2ccsc2)nc2nc[nH]c12. The van der Waals surface area contributed by atoms with Crippen LogP contribution in [0.1, 0.15) is 26.7 Å². The summed E-state index contributed by atoms with van der Waals surface area (Å²) in [6.07, 6.45) is 3.73. The highest BCUT2D eigenvalue weighted by Crippen LogP contribution is 2.23. The number of anilines is 3. The smallest absolute Gasteiger partial charge is 0.231 e. The van der Waals surface area contributed by atoms with Crippen LogP contribution in [0.2, 0.25) is 0 Å². The monoisotopic (exact) mass is 302 g/mol. The third-order valence-electron chi connectivity index (χ3n) is 3.39. The molecule has 0 amide bonds. The standard InChI is InChI=1S/C14H18N6S/c1-3-9(4-2)17-13-11-12(16-8-15-11)19-14(20-13)18-10-5-6-21-7-10/h5-9H,3-4H2,1-2H3,(H3,15,16,17,18,19,20). The van der Waals surface area contributed by atoms with Gasteiger partial charge in [0.2, 0.25) is 5.95 Å². The molecule has 3 aromatic rings. The summed E-state index contributed by atoms with van der Waals surface area (Å²) in [6.45, 7) is 4.33. The lowest BCUT2D eigenvalue weighted by atomic mass is 10.2. The molecule has 0 aromatic carbocycles. The van der Waals surface area contributed by atoms with Gasteiger partial charge < -0.3 is 15.6 Å². The Labute approximate surface area is 127 Å². The van der Waals surface area contributed by atoms with Crippen molar-refractivity contribution in [2.75, 3.05) is 10.6 Å². The zero-order chi connectivity index (χ0) is 14.7. The number of nitrogens with zero attached hydrogens (tertiary/aromatic N) is 3. The molecule has 0 saturated heterocycles. The predicted octanol–water partition coefficient (Wildman–Crippen LogP) is 3.76. The Kier molecular flexibility index (Phi) is 4.01. The lowest BCUT2D eigenvalue weighted by Crippen LogP contribution is -2.18. The van der Waals surface area contributed by atoms with E-state index in [0.29, 0.717) is 17.6 Å². The highest BCUT2D eigenvalue weighted by atomic mass is 32.1. The zero-order valence-corrected chi connectivity index (χ0v) is 12.9. The van der Waals surface area contributed by atoms with Crippen molar-refractivity contribution >= 4 is 40.0 Å². The molecule has 3 rings (SSSR count). The van der Waals surface area contributed by atoms with E-state index in [4.69, 9.17) is 0 Å². The molecule has 6 nitrogen and oxygen atoms in total. The number of hydrogen-bond acceptors (Lipinski definition) is 6. The molecular weight excluding hydrogens is 284 g/mol. The van der Waals surface area contributed by atoms with E-state index in [9.17, 15) is 0 Å². The first kappa shape index (κ1) is 13.8. The molecule has 0 saturated carbocycles. The summed E-state index contributed by atoms with van der Waals surface area (Å²) in [5.74, 6) is 1.35. The summed E-state index contributed by atoms with van der Waals surface area (Å²) in [4.78, 5) is 16.4. The Morgan fingerprint density at radius 2 is 2.14 bits per heavy atom. The lowest BCUT2D eigenvalue weighted by Gasteiger charge is -2.16. The molecule has 0 spiro atoms. The minimum absolute atomic E-state index is 0.389. The number of nitrogens with one attached hydrogen (secondary N) is 3. The van der Waals surface area contributed by atoms with Gasteiger partial charge in [-0.05, 0) is 24.3 Å². The van der Waals surface area contributed by atoms with Crippen LogP contribution in [-0.4, -0.2) is 26.0 Å². The van der Waals surface area contributed by atoms with Crippen LogP contribution in [0, 0.1) is 0 Å². The average molecular weight is 302 g/mol. The van der Waals surface area contributed by atoms with E-state index in [1.54, 1.807) is 17.7 Å². The van der Waals surface area contributed by atoms with Crippen molar-refractivity contribution in [3.63, 3.8) is 0 Å². The van der Waals surface area contributed by atoms with E-state index < -0.39 is 0 Å². The third-order valence-corrected chi connectivity index (χ3v) is 4.07. The van der Waals surface area contributed by atoms with Crippen LogP contribution >= 0.6 is 11.3 Å². The van der Waals surface area contributed by atoms with Crippen LogP contribution in [0.5, 0.6) is 0 Å². The number of imidazole rings is 1. The van der Waals surface area contributed by atoms with Crippen LogP contribution in [0.4, 0.5) is 17.5 Å². The number of aromatic amines is 1. The Balaban J connectivity index is 1.95. The Morgan fingerprint density at radius 1 is 1.29 bits per heavy atom. The third kappa shape index (κ3) is 2.97. The number of thiophene rings is 1. The zero-order valence-electron chi connectivity index (χ0n) is 12.1. The van der Waals surface area contributed by atoms with E-state index in [0.717, 1.165) is 29.9 Å². The fourth-order valence-corrected chi connectivity index (χ4v) is 2.73. The maximum absolute atomic E-state index is 4.58. The number of hydrogen-bond donors (Lipinski definition) is 3. The summed E-state index contributed by atoms with van der Waals surface area (Å²) in [5, 5.41) is 10.7. The van der Waals surface area contributed by atoms with Crippen molar-refractivity contribution in [1.29, 1.82) is 0 Å². The summed E-state index contributed by atoms with van der Waals surface area (Å²) >= 11 is 1.63. The molecule has 3 N–H and O–H groups in total. The minimum Gasteiger partial charge on any atom is -0.365 e. The first-order valence-corrected chi connectivity index (χ1v) is 8.01. The van der Waals surface area contributed by atoms with Gasteiger partial charge in [-0.3, -0.25) is 0 Å². The molecule has 21 heavy (non-hydrogen) atoms. The average Bonchev–Trinajstić information content (AvgIpc) is 3.15. The largest absolute Gasteiger partial charge is 0.365 e. The molecule has 3 aromatic heterocycles. The second-order valence-electron chi connectivity index (χ2n) is 4.79. The van der Waals surface area contributed by atoms with Crippen molar-refractivity contribution < 1.29 is 0 Å². The fraction of sp³-hybridized carbons (Fsp3) is 0.357. The van der Waals surface area contributed by atoms with Gasteiger partial charge in [0.05, 0.1) is 12.0 Å². The van der Waals surface area contributed by atoms with Gasteiger partial charge in [0, 0.05) is 11.4 Å². The Morgan fingerprint density at radius 3 is 2.86 bits per heavy atom. The lowest BCUT2D eigenvalue weighted by molar-refractivity contribution is 0.669. The van der Waals surface area contributed by atoms with Gasteiger partial charge in [0.25, 0.3) is 0 Å². The molecule has 0 aliphatic carbocycles. The summed E-state index contributed by atoms with van der Waals surface area (Å²) in [6, 6.07) is 2.39. The summed E-state index contributed by atoms with van der Waals surface area (Å²) < 4.78 is 0. The number of fused-ring (bicyclic) bond motifs is 1. The molecule has 0 atom stereocenters. The molecule has 7 heteroatoms. The first-order valence-electron chi connectivity index (χ1n) is 7.07. The van der Waals surface area contributed by atoms with Crippen LogP contribution in [0.25, 0.3) is 11.2 Å². The summed E-state index contributed by atoms with van der Waals surface area (Å²) in [5.41, 5.74) is 2.50. The molecule has 3 heterocycles. The molecular formula is C14H18N6S. The Hall–Kier alpha value is -2.15. The van der Waals surface area contributed by atoms with Gasteiger partial charge in [-0.15, -0.1) is 0 Å². The maximum Gasteiger partial charge on any atom is 0.231 e. The first-order chi connectivity index (χ1) is 10.3. The van der Waals surface area contributed by atoms with Gasteiger partial charge in [-0.25, -0.2) is 4.98 Å². The normalized spacial score (nSPS) is 11.2. The molecule has 0 aliphatic rings.